The number of nitrogens with one attached hydrogen (secondary N) is 1. The largest absolute Gasteiger partial charge is 0.454 e. The van der Waals surface area contributed by atoms with Crippen LogP contribution in [0, 0.1) is 0 Å². The summed E-state index contributed by atoms with van der Waals surface area (Å²) in [7, 11) is 0. The Bertz CT molecular complexity index is 2560. The van der Waals surface area contributed by atoms with E-state index in [1.165, 1.54) is 0 Å². The van der Waals surface area contributed by atoms with Crippen LogP contribution in [-0.2, 0) is 0 Å². The van der Waals surface area contributed by atoms with Crippen molar-refractivity contribution in [2.45, 2.75) is 0 Å². The molecule has 0 saturated carbocycles. The number of furan rings is 1. The van der Waals surface area contributed by atoms with Crippen molar-refractivity contribution in [3.63, 3.8) is 0 Å². The lowest BCUT2D eigenvalue weighted by Gasteiger charge is -2.28. The van der Waals surface area contributed by atoms with Crippen molar-refractivity contribution < 1.29 is 4.42 Å². The topological polar surface area (TPSA) is 79.2 Å². The van der Waals surface area contributed by atoms with E-state index in [4.69, 9.17) is 20.2 Å². The Morgan fingerprint density at radius 1 is 0.500 bits per heavy atom. The van der Waals surface area contributed by atoms with Gasteiger partial charge in [0.2, 0.25) is 0 Å². The van der Waals surface area contributed by atoms with Crippen LogP contribution in [0.3, 0.4) is 0 Å². The van der Waals surface area contributed by atoms with E-state index in [1.54, 1.807) is 5.12 Å². The van der Waals surface area contributed by atoms with Gasteiger partial charge in [-0.1, -0.05) is 146 Å². The second-order valence-electron chi connectivity index (χ2n) is 12.2. The zero-order valence-corrected chi connectivity index (χ0v) is 27.0. The molecule has 1 aliphatic heterocycles. The van der Waals surface area contributed by atoms with E-state index < -0.39 is 0 Å². The molecule has 0 fully saturated rings. The molecule has 0 spiro atoms. The van der Waals surface area contributed by atoms with Crippen LogP contribution in [0.4, 0.5) is 11.4 Å². The number of nitrogens with two attached hydrogens (primary N) is 1. The highest BCUT2D eigenvalue weighted by Gasteiger charge is 2.27. The molecule has 8 aromatic rings. The number of hydrazone groups is 1. The Hall–Kier alpha value is -6.92. The number of fused-ring (bicyclic) bond motifs is 3. The Morgan fingerprint density at radius 2 is 1.08 bits per heavy atom. The minimum absolute atomic E-state index is 0.562. The maximum absolute atomic E-state index is 6.79. The molecule has 3 N–H and O–H groups in total. The van der Waals surface area contributed by atoms with E-state index in [-0.39, 0.29) is 0 Å². The number of rotatable bonds is 6. The molecule has 6 heteroatoms. The molecule has 238 valence electrons. The zero-order chi connectivity index (χ0) is 33.4. The van der Waals surface area contributed by atoms with Gasteiger partial charge >= 0.3 is 0 Å². The zero-order valence-electron chi connectivity index (χ0n) is 27.0. The summed E-state index contributed by atoms with van der Waals surface area (Å²) in [6.45, 7) is 0. The first kappa shape index (κ1) is 29.2. The summed E-state index contributed by atoms with van der Waals surface area (Å²) in [6.07, 6.45) is 0. The van der Waals surface area contributed by atoms with Crippen LogP contribution in [0.2, 0.25) is 0 Å². The monoisotopic (exact) mass is 645 g/mol. The average Bonchev–Trinajstić information content (AvgIpc) is 3.57. The van der Waals surface area contributed by atoms with Gasteiger partial charge < -0.3 is 10.2 Å². The lowest BCUT2D eigenvalue weighted by molar-refractivity contribution is 0.663. The van der Waals surface area contributed by atoms with Crippen LogP contribution in [0.1, 0.15) is 11.1 Å². The van der Waals surface area contributed by atoms with Gasteiger partial charge in [0.15, 0.2) is 17.3 Å². The van der Waals surface area contributed by atoms with E-state index in [0.717, 1.165) is 66.6 Å². The van der Waals surface area contributed by atoms with Gasteiger partial charge in [0.25, 0.3) is 0 Å². The van der Waals surface area contributed by atoms with Crippen molar-refractivity contribution >= 4 is 45.0 Å². The molecule has 0 aliphatic carbocycles. The summed E-state index contributed by atoms with van der Waals surface area (Å²) in [5.41, 5.74) is 21.2. The number of hydrogen-bond acceptors (Lipinski definition) is 6. The highest BCUT2D eigenvalue weighted by Crippen LogP contribution is 2.44. The first-order valence-electron chi connectivity index (χ1n) is 16.5. The van der Waals surface area contributed by atoms with Crippen molar-refractivity contribution in [3.05, 3.63) is 181 Å². The molecular weight excluding hydrogens is 615 g/mol. The van der Waals surface area contributed by atoms with Crippen molar-refractivity contribution in [2.24, 2.45) is 10.1 Å². The van der Waals surface area contributed by atoms with Crippen molar-refractivity contribution in [1.82, 2.24) is 5.43 Å². The minimum Gasteiger partial charge on any atom is -0.454 e. The molecule has 0 bridgehead atoms. The quantitative estimate of drug-likeness (QED) is 0.176. The lowest BCUT2D eigenvalue weighted by atomic mass is 9.95. The number of amidine groups is 2. The van der Waals surface area contributed by atoms with E-state index in [1.807, 2.05) is 91.0 Å². The number of nitrogens with zero attached hydrogens (tertiary/aromatic N) is 3. The highest BCUT2D eigenvalue weighted by atomic mass is 16.3. The Balaban J connectivity index is 1.26. The Morgan fingerprint density at radius 3 is 1.80 bits per heavy atom. The van der Waals surface area contributed by atoms with Crippen molar-refractivity contribution in [3.8, 4) is 33.4 Å². The number of anilines is 2. The van der Waals surface area contributed by atoms with Crippen LogP contribution in [0.15, 0.2) is 184 Å². The maximum Gasteiger partial charge on any atom is 0.183 e. The molecule has 1 aromatic heterocycles. The normalized spacial score (nSPS) is 12.8. The van der Waals surface area contributed by atoms with Gasteiger partial charge in [0, 0.05) is 38.7 Å². The molecule has 6 nitrogen and oxygen atoms in total. The maximum atomic E-state index is 6.79. The molecule has 1 aliphatic rings. The van der Waals surface area contributed by atoms with Gasteiger partial charge in [0.1, 0.15) is 11.3 Å². The fourth-order valence-electron chi connectivity index (χ4n) is 6.57. The van der Waals surface area contributed by atoms with Crippen molar-refractivity contribution in [2.75, 3.05) is 10.9 Å². The summed E-state index contributed by atoms with van der Waals surface area (Å²) in [6, 6.07) is 57.6. The molecule has 2 heterocycles. The summed E-state index contributed by atoms with van der Waals surface area (Å²) in [5.74, 6) is 1.22. The van der Waals surface area contributed by atoms with Crippen LogP contribution in [-0.4, -0.2) is 11.7 Å². The third-order valence-electron chi connectivity index (χ3n) is 9.10. The van der Waals surface area contributed by atoms with Gasteiger partial charge in [-0.15, -0.1) is 5.10 Å². The van der Waals surface area contributed by atoms with Crippen molar-refractivity contribution in [1.29, 1.82) is 0 Å². The molecule has 50 heavy (non-hydrogen) atoms. The van der Waals surface area contributed by atoms with E-state index in [2.05, 4.69) is 84.3 Å². The highest BCUT2D eigenvalue weighted by molar-refractivity contribution is 6.17. The number of hydrogen-bond donors (Lipinski definition) is 2. The fourth-order valence-corrected chi connectivity index (χ4v) is 6.57. The van der Waals surface area contributed by atoms with E-state index >= 15 is 0 Å². The number of para-hydroxylation sites is 1. The number of aliphatic imine (C=N–C) groups is 1. The summed E-state index contributed by atoms with van der Waals surface area (Å²) >= 11 is 0. The number of nitrogen functional groups attached to an aromatic ring is 1. The van der Waals surface area contributed by atoms with Gasteiger partial charge in [-0.25, -0.2) is 4.99 Å². The van der Waals surface area contributed by atoms with Crippen LogP contribution in [0.25, 0.3) is 55.3 Å². The minimum atomic E-state index is 0.562. The standard InChI is InChI=1S/C44H31N5O/c45-39-27-24-34(30-14-6-2-7-15-30)28-38(39)36-25-26-37-35-18-10-11-19-40(35)50-42(37)41(36)49-47-43(32-16-8-3-9-17-32)46-44(48-49)33-22-20-31(21-23-33)29-12-4-1-5-13-29/h1-28H,45H2,(H,46,47,48). The third kappa shape index (κ3) is 5.25. The number of hydrazine groups is 1. The van der Waals surface area contributed by atoms with Gasteiger partial charge in [-0.2, -0.15) is 5.12 Å². The fraction of sp³-hybridized carbons (Fsp3) is 0. The molecule has 0 atom stereocenters. The average molecular weight is 646 g/mol. The SMILES string of the molecule is Nc1ccc(-c2ccccc2)cc1-c1ccc2c(oc3ccccc32)c1N1N=C(c2ccc(-c3ccccc3)cc2)N=C(c2ccccc2)N1. The number of benzene rings is 7. The van der Waals surface area contributed by atoms with Gasteiger partial charge in [-0.3, -0.25) is 5.43 Å². The smallest absolute Gasteiger partial charge is 0.183 e. The molecular formula is C44H31N5O. The lowest BCUT2D eigenvalue weighted by Crippen LogP contribution is -2.43. The first-order chi connectivity index (χ1) is 24.7. The van der Waals surface area contributed by atoms with Gasteiger partial charge in [0.05, 0.1) is 0 Å². The first-order valence-corrected chi connectivity index (χ1v) is 16.5. The Kier molecular flexibility index (Phi) is 7.17. The second kappa shape index (κ2) is 12.3. The summed E-state index contributed by atoms with van der Waals surface area (Å²) < 4.78 is 6.67. The van der Waals surface area contributed by atoms with E-state index in [0.29, 0.717) is 22.9 Å². The molecule has 0 amide bonds. The van der Waals surface area contributed by atoms with Crippen LogP contribution >= 0.6 is 0 Å². The molecule has 7 aromatic carbocycles. The molecule has 9 rings (SSSR count). The molecule has 0 radical (unpaired) electrons. The van der Waals surface area contributed by atoms with Crippen LogP contribution < -0.4 is 16.3 Å². The second-order valence-corrected chi connectivity index (χ2v) is 12.2. The molecule has 0 unspecified atom stereocenters. The van der Waals surface area contributed by atoms with Gasteiger partial charge in [-0.05, 0) is 46.5 Å². The van der Waals surface area contributed by atoms with Crippen LogP contribution in [0.5, 0.6) is 0 Å². The van der Waals surface area contributed by atoms with E-state index in [9.17, 15) is 0 Å². The third-order valence-corrected chi connectivity index (χ3v) is 9.10. The summed E-state index contributed by atoms with van der Waals surface area (Å²) in [4.78, 5) is 5.06. The Labute approximate surface area is 289 Å². The molecule has 0 saturated heterocycles. The summed E-state index contributed by atoms with van der Waals surface area (Å²) in [5, 5.41) is 8.97. The predicted molar refractivity (Wildman–Crippen MR) is 206 cm³/mol. The predicted octanol–water partition coefficient (Wildman–Crippen LogP) is 10.3.